The Labute approximate surface area is 129 Å². The monoisotopic (exact) mass is 291 g/mol. The number of carbonyl (C=O) groups is 1. The molecule has 0 bridgehead atoms. The van der Waals surface area contributed by atoms with Gasteiger partial charge in [0.15, 0.2) is 0 Å². The van der Waals surface area contributed by atoms with Crippen LogP contribution in [0.3, 0.4) is 0 Å². The van der Waals surface area contributed by atoms with Gasteiger partial charge in [0.1, 0.15) is 0 Å². The zero-order valence-electron chi connectivity index (χ0n) is 12.4. The Morgan fingerprint density at radius 3 is 2.59 bits per heavy atom. The van der Waals surface area contributed by atoms with Crippen molar-refractivity contribution in [2.24, 2.45) is 0 Å². The summed E-state index contributed by atoms with van der Waals surface area (Å²) in [5, 5.41) is 1.09. The number of aromatic nitrogens is 1. The highest BCUT2D eigenvalue weighted by atomic mass is 16.5. The molecule has 1 aromatic heterocycles. The van der Waals surface area contributed by atoms with Gasteiger partial charge in [-0.2, -0.15) is 0 Å². The van der Waals surface area contributed by atoms with Crippen molar-refractivity contribution < 1.29 is 9.53 Å². The van der Waals surface area contributed by atoms with Gasteiger partial charge in [0.2, 0.25) is 0 Å². The number of ether oxygens (including phenoxy) is 1. The third kappa shape index (κ3) is 2.79. The van der Waals surface area contributed by atoms with Crippen LogP contribution in [0, 0.1) is 0 Å². The summed E-state index contributed by atoms with van der Waals surface area (Å²) in [5.74, 6) is -0.327. The second kappa shape index (κ2) is 6.31. The van der Waals surface area contributed by atoms with E-state index in [1.165, 1.54) is 0 Å². The maximum absolute atomic E-state index is 11.9. The van der Waals surface area contributed by atoms with E-state index in [2.05, 4.69) is 4.98 Å². The minimum Gasteiger partial charge on any atom is -0.463 e. The number of benzene rings is 2. The molecule has 1 heterocycles. The average Bonchev–Trinajstić information content (AvgIpc) is 2.98. The lowest BCUT2D eigenvalue weighted by Crippen LogP contribution is -2.01. The molecule has 22 heavy (non-hydrogen) atoms. The van der Waals surface area contributed by atoms with Crippen molar-refractivity contribution in [2.75, 3.05) is 6.61 Å². The van der Waals surface area contributed by atoms with Gasteiger partial charge in [-0.15, -0.1) is 0 Å². The van der Waals surface area contributed by atoms with Crippen molar-refractivity contribution in [1.29, 1.82) is 0 Å². The molecule has 0 spiro atoms. The van der Waals surface area contributed by atoms with Crippen LogP contribution in [0.2, 0.25) is 0 Å². The molecule has 0 unspecified atom stereocenters. The number of hydrogen-bond donors (Lipinski definition) is 1. The molecule has 0 aliphatic rings. The maximum Gasteiger partial charge on any atom is 0.331 e. The van der Waals surface area contributed by atoms with Crippen LogP contribution < -0.4 is 0 Å². The second-order valence-corrected chi connectivity index (χ2v) is 4.92. The largest absolute Gasteiger partial charge is 0.463 e. The van der Waals surface area contributed by atoms with Crippen molar-refractivity contribution >= 4 is 22.4 Å². The second-order valence-electron chi connectivity index (χ2n) is 4.92. The van der Waals surface area contributed by atoms with Crippen LogP contribution in [0.15, 0.2) is 66.9 Å². The van der Waals surface area contributed by atoms with Gasteiger partial charge in [-0.1, -0.05) is 48.5 Å². The fourth-order valence-electron chi connectivity index (χ4n) is 2.53. The van der Waals surface area contributed by atoms with Crippen molar-refractivity contribution in [2.45, 2.75) is 6.92 Å². The average molecular weight is 291 g/mol. The van der Waals surface area contributed by atoms with Crippen LogP contribution in [-0.4, -0.2) is 17.6 Å². The Morgan fingerprint density at radius 1 is 1.09 bits per heavy atom. The molecule has 110 valence electrons. The van der Waals surface area contributed by atoms with E-state index >= 15 is 0 Å². The Morgan fingerprint density at radius 2 is 1.82 bits per heavy atom. The van der Waals surface area contributed by atoms with E-state index < -0.39 is 0 Å². The minimum absolute atomic E-state index is 0.327. The quantitative estimate of drug-likeness (QED) is 0.579. The van der Waals surface area contributed by atoms with Crippen LogP contribution in [0.4, 0.5) is 0 Å². The lowest BCUT2D eigenvalue weighted by molar-refractivity contribution is -0.137. The summed E-state index contributed by atoms with van der Waals surface area (Å²) in [6.45, 7) is 2.17. The van der Waals surface area contributed by atoms with Crippen LogP contribution in [-0.2, 0) is 9.53 Å². The summed E-state index contributed by atoms with van der Waals surface area (Å²) < 4.78 is 5.08. The Bertz CT molecular complexity index is 816. The first-order valence-corrected chi connectivity index (χ1v) is 7.30. The lowest BCUT2D eigenvalue weighted by atomic mass is 9.97. The van der Waals surface area contributed by atoms with Crippen LogP contribution in [0.25, 0.3) is 16.5 Å². The van der Waals surface area contributed by atoms with Crippen molar-refractivity contribution in [1.82, 2.24) is 4.98 Å². The number of fused-ring (bicyclic) bond motifs is 1. The normalized spacial score (nSPS) is 11.6. The van der Waals surface area contributed by atoms with E-state index in [-0.39, 0.29) is 5.97 Å². The molecule has 0 atom stereocenters. The van der Waals surface area contributed by atoms with E-state index in [1.54, 1.807) is 13.0 Å². The van der Waals surface area contributed by atoms with Crippen molar-refractivity contribution in [3.05, 3.63) is 78.0 Å². The molecule has 3 aromatic rings. The molecule has 0 saturated carbocycles. The SMILES string of the molecule is CCOC(=O)/C=C(\c1ccccc1)c1c[nH]c2ccccc12. The van der Waals surface area contributed by atoms with Crippen LogP contribution >= 0.6 is 0 Å². The fraction of sp³-hybridized carbons (Fsp3) is 0.105. The van der Waals surface area contributed by atoms with E-state index in [0.717, 1.165) is 27.6 Å². The third-order valence-electron chi connectivity index (χ3n) is 3.51. The summed E-state index contributed by atoms with van der Waals surface area (Å²) in [6, 6.07) is 17.9. The third-order valence-corrected chi connectivity index (χ3v) is 3.51. The summed E-state index contributed by atoms with van der Waals surface area (Å²) in [6.07, 6.45) is 3.50. The van der Waals surface area contributed by atoms with Gasteiger partial charge >= 0.3 is 5.97 Å². The smallest absolute Gasteiger partial charge is 0.331 e. The summed E-state index contributed by atoms with van der Waals surface area (Å²) in [4.78, 5) is 15.2. The van der Waals surface area contributed by atoms with Gasteiger partial charge in [0.05, 0.1) is 6.61 Å². The minimum atomic E-state index is -0.327. The van der Waals surface area contributed by atoms with Gasteiger partial charge in [-0.3, -0.25) is 0 Å². The Balaban J connectivity index is 2.15. The molecular weight excluding hydrogens is 274 g/mol. The van der Waals surface area contributed by atoms with E-state index in [0.29, 0.717) is 6.61 Å². The van der Waals surface area contributed by atoms with Gasteiger partial charge < -0.3 is 9.72 Å². The first-order valence-electron chi connectivity index (χ1n) is 7.30. The number of aromatic amines is 1. The maximum atomic E-state index is 11.9. The number of carbonyl (C=O) groups excluding carboxylic acids is 1. The Kier molecular flexibility index (Phi) is 4.05. The van der Waals surface area contributed by atoms with Gasteiger partial charge in [-0.25, -0.2) is 4.79 Å². The number of hydrogen-bond acceptors (Lipinski definition) is 2. The summed E-state index contributed by atoms with van der Waals surface area (Å²) in [7, 11) is 0. The van der Waals surface area contributed by atoms with Gasteiger partial charge in [-0.05, 0) is 24.1 Å². The molecule has 0 aliphatic carbocycles. The van der Waals surface area contributed by atoms with E-state index in [9.17, 15) is 4.79 Å². The topological polar surface area (TPSA) is 42.1 Å². The van der Waals surface area contributed by atoms with Crippen LogP contribution in [0.5, 0.6) is 0 Å². The molecule has 3 heteroatoms. The molecule has 2 aromatic carbocycles. The molecule has 0 fully saturated rings. The molecule has 0 aliphatic heterocycles. The predicted octanol–water partition coefficient (Wildman–Crippen LogP) is 4.16. The highest BCUT2D eigenvalue weighted by Gasteiger charge is 2.12. The molecule has 0 amide bonds. The number of rotatable bonds is 4. The predicted molar refractivity (Wildman–Crippen MR) is 88.5 cm³/mol. The standard InChI is InChI=1S/C19H17NO2/c1-2-22-19(21)12-16(14-8-4-3-5-9-14)17-13-20-18-11-7-6-10-15(17)18/h3-13,20H,2H2,1H3/b16-12+. The van der Waals surface area contributed by atoms with Crippen LogP contribution in [0.1, 0.15) is 18.1 Å². The van der Waals surface area contributed by atoms with Crippen molar-refractivity contribution in [3.63, 3.8) is 0 Å². The number of esters is 1. The zero-order valence-corrected chi connectivity index (χ0v) is 12.4. The molecule has 1 N–H and O–H groups in total. The Hall–Kier alpha value is -2.81. The molecule has 3 rings (SSSR count). The molecular formula is C19H17NO2. The molecule has 3 nitrogen and oxygen atoms in total. The first kappa shape index (κ1) is 14.1. The first-order chi connectivity index (χ1) is 10.8. The van der Waals surface area contributed by atoms with Gasteiger partial charge in [0.25, 0.3) is 0 Å². The lowest BCUT2D eigenvalue weighted by Gasteiger charge is -2.07. The molecule has 0 saturated heterocycles. The number of para-hydroxylation sites is 1. The summed E-state index contributed by atoms with van der Waals surface area (Å²) >= 11 is 0. The van der Waals surface area contributed by atoms with E-state index in [4.69, 9.17) is 4.74 Å². The fourth-order valence-corrected chi connectivity index (χ4v) is 2.53. The number of H-pyrrole nitrogens is 1. The van der Waals surface area contributed by atoms with Gasteiger partial charge in [0, 0.05) is 28.7 Å². The highest BCUT2D eigenvalue weighted by Crippen LogP contribution is 2.29. The summed E-state index contributed by atoms with van der Waals surface area (Å²) in [5.41, 5.74) is 3.88. The van der Waals surface area contributed by atoms with E-state index in [1.807, 2.05) is 60.8 Å². The van der Waals surface area contributed by atoms with Crippen molar-refractivity contribution in [3.8, 4) is 0 Å². The molecule has 0 radical (unpaired) electrons. The zero-order chi connectivity index (χ0) is 15.4. The highest BCUT2D eigenvalue weighted by molar-refractivity contribution is 6.03. The number of nitrogens with one attached hydrogen (secondary N) is 1.